The Bertz CT molecular complexity index is 536. The Morgan fingerprint density at radius 2 is 2.00 bits per heavy atom. The normalized spacial score (nSPS) is 16.6. The highest BCUT2D eigenvalue weighted by molar-refractivity contribution is 7.85. The fourth-order valence-corrected chi connectivity index (χ4v) is 2.41. The van der Waals surface area contributed by atoms with Gasteiger partial charge in [0.1, 0.15) is 0 Å². The number of hydrogen-bond acceptors (Lipinski definition) is 5. The molecule has 0 spiro atoms. The number of benzene rings is 1. The van der Waals surface area contributed by atoms with Gasteiger partial charge in [-0.3, -0.25) is 4.18 Å². The molecule has 0 aromatic heterocycles. The molecule has 1 aromatic carbocycles. The van der Waals surface area contributed by atoms with E-state index in [4.69, 9.17) is 8.92 Å². The van der Waals surface area contributed by atoms with Gasteiger partial charge >= 0.3 is 0 Å². The lowest BCUT2D eigenvalue weighted by Gasteiger charge is -2.30. The van der Waals surface area contributed by atoms with Crippen LogP contribution in [0.5, 0.6) is 0 Å². The molecule has 1 aliphatic heterocycles. The number of ether oxygens (including phenoxy) is 1. The van der Waals surface area contributed by atoms with Crippen LogP contribution in [-0.2, 0) is 25.6 Å². The molecule has 0 aliphatic carbocycles. The van der Waals surface area contributed by atoms with Crippen LogP contribution < -0.4 is 4.90 Å². The van der Waals surface area contributed by atoms with Crippen LogP contribution in [0.4, 0.5) is 5.69 Å². The van der Waals surface area contributed by atoms with Gasteiger partial charge in [0, 0.05) is 24.3 Å². The van der Waals surface area contributed by atoms with Gasteiger partial charge in [0.15, 0.2) is 0 Å². The smallest absolute Gasteiger partial charge is 0.264 e. The minimum absolute atomic E-state index is 0.0752. The van der Waals surface area contributed by atoms with Gasteiger partial charge in [0.2, 0.25) is 0 Å². The molecule has 0 N–H and O–H groups in total. The van der Waals surface area contributed by atoms with Crippen LogP contribution in [0.15, 0.2) is 18.2 Å². The predicted molar refractivity (Wildman–Crippen MR) is 73.8 cm³/mol. The Morgan fingerprint density at radius 3 is 2.63 bits per heavy atom. The molecule has 106 valence electrons. The first-order chi connectivity index (χ1) is 8.96. The molecule has 5 nitrogen and oxygen atoms in total. The lowest BCUT2D eigenvalue weighted by atomic mass is 10.1. The number of aryl methyl sites for hydroxylation is 1. The Balaban J connectivity index is 2.21. The largest absolute Gasteiger partial charge is 0.378 e. The summed E-state index contributed by atoms with van der Waals surface area (Å²) in [6.07, 6.45) is 1.07. The summed E-state index contributed by atoms with van der Waals surface area (Å²) in [6.45, 7) is 5.11. The van der Waals surface area contributed by atoms with E-state index in [1.165, 1.54) is 0 Å². The molecule has 0 atom stereocenters. The minimum atomic E-state index is -3.42. The Kier molecular flexibility index (Phi) is 4.44. The summed E-state index contributed by atoms with van der Waals surface area (Å²) in [5, 5.41) is 0. The lowest BCUT2D eigenvalue weighted by molar-refractivity contribution is 0.122. The summed E-state index contributed by atoms with van der Waals surface area (Å²) >= 11 is 0. The third-order valence-corrected chi connectivity index (χ3v) is 3.57. The van der Waals surface area contributed by atoms with Gasteiger partial charge in [-0.25, -0.2) is 0 Å². The van der Waals surface area contributed by atoms with E-state index < -0.39 is 10.1 Å². The van der Waals surface area contributed by atoms with E-state index in [2.05, 4.69) is 11.0 Å². The van der Waals surface area contributed by atoms with Crippen LogP contribution in [0, 0.1) is 6.92 Å². The number of hydrogen-bond donors (Lipinski definition) is 0. The first-order valence-electron chi connectivity index (χ1n) is 6.22. The van der Waals surface area contributed by atoms with Crippen LogP contribution in [0.25, 0.3) is 0 Å². The first-order valence-corrected chi connectivity index (χ1v) is 8.04. The second-order valence-corrected chi connectivity index (χ2v) is 6.34. The molecular formula is C13H19NO4S. The zero-order chi connectivity index (χ0) is 13.9. The summed E-state index contributed by atoms with van der Waals surface area (Å²) < 4.78 is 32.4. The molecule has 2 rings (SSSR count). The van der Waals surface area contributed by atoms with E-state index in [9.17, 15) is 8.42 Å². The van der Waals surface area contributed by atoms with E-state index >= 15 is 0 Å². The van der Waals surface area contributed by atoms with Crippen LogP contribution >= 0.6 is 0 Å². The highest BCUT2D eigenvalue weighted by Gasteiger charge is 2.16. The SMILES string of the molecule is Cc1ccc(COS(C)(=O)=O)c(N2CCOCC2)c1. The van der Waals surface area contributed by atoms with Gasteiger partial charge in [-0.2, -0.15) is 8.42 Å². The highest BCUT2D eigenvalue weighted by atomic mass is 32.2. The lowest BCUT2D eigenvalue weighted by Crippen LogP contribution is -2.36. The summed E-state index contributed by atoms with van der Waals surface area (Å²) in [7, 11) is -3.42. The number of nitrogens with zero attached hydrogens (tertiary/aromatic N) is 1. The molecule has 0 saturated carbocycles. The molecule has 0 amide bonds. The summed E-state index contributed by atoms with van der Waals surface area (Å²) in [5.74, 6) is 0. The van der Waals surface area contributed by atoms with Crippen molar-refractivity contribution in [1.82, 2.24) is 0 Å². The van der Waals surface area contributed by atoms with Gasteiger partial charge in [-0.1, -0.05) is 12.1 Å². The molecule has 1 heterocycles. The first kappa shape index (κ1) is 14.3. The average Bonchev–Trinajstić information content (AvgIpc) is 2.37. The van der Waals surface area contributed by atoms with Crippen molar-refractivity contribution in [3.63, 3.8) is 0 Å². The summed E-state index contributed by atoms with van der Waals surface area (Å²) in [6, 6.07) is 5.95. The second-order valence-electron chi connectivity index (χ2n) is 4.70. The standard InChI is InChI=1S/C13H19NO4S/c1-11-3-4-12(10-18-19(2,15)16)13(9-11)14-5-7-17-8-6-14/h3-4,9H,5-8,10H2,1-2H3. The van der Waals surface area contributed by atoms with Crippen LogP contribution in [-0.4, -0.2) is 41.0 Å². The van der Waals surface area contributed by atoms with Gasteiger partial charge in [0.25, 0.3) is 10.1 Å². The van der Waals surface area contributed by atoms with E-state index in [0.29, 0.717) is 13.2 Å². The van der Waals surface area contributed by atoms with Crippen molar-refractivity contribution < 1.29 is 17.3 Å². The van der Waals surface area contributed by atoms with Gasteiger partial charge < -0.3 is 9.64 Å². The average molecular weight is 285 g/mol. The maximum absolute atomic E-state index is 11.1. The van der Waals surface area contributed by atoms with E-state index in [1.807, 2.05) is 19.1 Å². The highest BCUT2D eigenvalue weighted by Crippen LogP contribution is 2.24. The monoisotopic (exact) mass is 285 g/mol. The van der Waals surface area contributed by atoms with Gasteiger partial charge in [-0.05, 0) is 18.6 Å². The number of rotatable bonds is 4. The molecule has 1 aliphatic rings. The van der Waals surface area contributed by atoms with Crippen molar-refractivity contribution in [3.8, 4) is 0 Å². The van der Waals surface area contributed by atoms with Gasteiger partial charge in [0.05, 0.1) is 26.1 Å². The fourth-order valence-electron chi connectivity index (χ4n) is 2.07. The quantitative estimate of drug-likeness (QED) is 0.781. The van der Waals surface area contributed by atoms with Crippen LogP contribution in [0.2, 0.25) is 0 Å². The van der Waals surface area contributed by atoms with Crippen LogP contribution in [0.1, 0.15) is 11.1 Å². The molecule has 0 radical (unpaired) electrons. The molecule has 1 saturated heterocycles. The molecular weight excluding hydrogens is 266 g/mol. The third-order valence-electron chi connectivity index (χ3n) is 3.02. The van der Waals surface area contributed by atoms with Crippen molar-refractivity contribution in [2.24, 2.45) is 0 Å². The third kappa shape index (κ3) is 4.19. The Hall–Kier alpha value is -1.11. The van der Waals surface area contributed by atoms with Gasteiger partial charge in [-0.15, -0.1) is 0 Å². The molecule has 6 heteroatoms. The zero-order valence-electron chi connectivity index (χ0n) is 11.3. The Labute approximate surface area is 114 Å². The number of morpholine rings is 1. The minimum Gasteiger partial charge on any atom is -0.378 e. The summed E-state index contributed by atoms with van der Waals surface area (Å²) in [4.78, 5) is 2.21. The molecule has 0 unspecified atom stereocenters. The maximum Gasteiger partial charge on any atom is 0.264 e. The van der Waals surface area contributed by atoms with Crippen molar-refractivity contribution >= 4 is 15.8 Å². The maximum atomic E-state index is 11.1. The van der Waals surface area contributed by atoms with Crippen molar-refractivity contribution in [2.45, 2.75) is 13.5 Å². The molecule has 1 aromatic rings. The number of anilines is 1. The van der Waals surface area contributed by atoms with E-state index in [-0.39, 0.29) is 6.61 Å². The molecule has 1 fully saturated rings. The fraction of sp³-hybridized carbons (Fsp3) is 0.538. The zero-order valence-corrected chi connectivity index (χ0v) is 12.1. The topological polar surface area (TPSA) is 55.8 Å². The Morgan fingerprint density at radius 1 is 1.32 bits per heavy atom. The molecule has 0 bridgehead atoms. The second kappa shape index (κ2) is 5.90. The predicted octanol–water partition coefficient (Wildman–Crippen LogP) is 1.31. The van der Waals surface area contributed by atoms with Crippen molar-refractivity contribution in [2.75, 3.05) is 37.5 Å². The van der Waals surface area contributed by atoms with Crippen molar-refractivity contribution in [3.05, 3.63) is 29.3 Å². The van der Waals surface area contributed by atoms with Crippen molar-refractivity contribution in [1.29, 1.82) is 0 Å². The van der Waals surface area contributed by atoms with Crippen LogP contribution in [0.3, 0.4) is 0 Å². The van der Waals surface area contributed by atoms with E-state index in [1.54, 1.807) is 0 Å². The van der Waals surface area contributed by atoms with E-state index in [0.717, 1.165) is 36.2 Å². The summed E-state index contributed by atoms with van der Waals surface area (Å²) in [5.41, 5.74) is 3.06. The molecule has 19 heavy (non-hydrogen) atoms.